The van der Waals surface area contributed by atoms with Gasteiger partial charge in [-0.15, -0.1) is 15.3 Å². The highest BCUT2D eigenvalue weighted by Gasteiger charge is 2.10. The summed E-state index contributed by atoms with van der Waals surface area (Å²) in [6.45, 7) is 0. The highest BCUT2D eigenvalue weighted by molar-refractivity contribution is 9.10. The topological polar surface area (TPSA) is 82.5 Å². The van der Waals surface area contributed by atoms with E-state index in [1.807, 2.05) is 24.3 Å². The largest absolute Gasteiger partial charge is 0.420 e. The standard InChI is InChI=1S/C11H9BrN6OS/c1-18-11(15-16-17-18)20-6-9-13-14-10(19-9)7-2-4-8(12)5-3-7/h2-5H,6H2,1H3. The van der Waals surface area contributed by atoms with Crippen LogP contribution in [0.25, 0.3) is 11.5 Å². The molecule has 1 aromatic carbocycles. The lowest BCUT2D eigenvalue weighted by molar-refractivity contribution is 0.528. The summed E-state index contributed by atoms with van der Waals surface area (Å²) in [5, 5.41) is 19.9. The zero-order valence-electron chi connectivity index (χ0n) is 10.4. The number of benzene rings is 1. The van der Waals surface area contributed by atoms with Crippen molar-refractivity contribution in [3.63, 3.8) is 0 Å². The average Bonchev–Trinajstić information content (AvgIpc) is 3.06. The first-order valence-corrected chi connectivity index (χ1v) is 7.44. The first-order chi connectivity index (χ1) is 9.72. The van der Waals surface area contributed by atoms with E-state index in [2.05, 4.69) is 41.7 Å². The molecule has 9 heteroatoms. The molecule has 3 aromatic rings. The van der Waals surface area contributed by atoms with E-state index in [-0.39, 0.29) is 0 Å². The molecule has 102 valence electrons. The van der Waals surface area contributed by atoms with Crippen LogP contribution in [0.3, 0.4) is 0 Å². The van der Waals surface area contributed by atoms with Crippen molar-refractivity contribution in [2.24, 2.45) is 7.05 Å². The van der Waals surface area contributed by atoms with Crippen LogP contribution in [0.15, 0.2) is 38.3 Å². The van der Waals surface area contributed by atoms with Gasteiger partial charge in [0.1, 0.15) is 0 Å². The number of tetrazole rings is 1. The summed E-state index contributed by atoms with van der Waals surface area (Å²) in [6.07, 6.45) is 0. The Morgan fingerprint density at radius 1 is 1.20 bits per heavy atom. The van der Waals surface area contributed by atoms with Crippen molar-refractivity contribution < 1.29 is 4.42 Å². The van der Waals surface area contributed by atoms with Gasteiger partial charge in [-0.3, -0.25) is 0 Å². The van der Waals surface area contributed by atoms with Gasteiger partial charge in [0.05, 0.1) is 5.75 Å². The van der Waals surface area contributed by atoms with E-state index in [9.17, 15) is 0 Å². The van der Waals surface area contributed by atoms with Crippen LogP contribution in [0.2, 0.25) is 0 Å². The van der Waals surface area contributed by atoms with E-state index in [0.29, 0.717) is 22.7 Å². The van der Waals surface area contributed by atoms with Crippen LogP contribution >= 0.6 is 27.7 Å². The van der Waals surface area contributed by atoms with Crippen LogP contribution in [0.4, 0.5) is 0 Å². The van der Waals surface area contributed by atoms with Crippen molar-refractivity contribution in [3.05, 3.63) is 34.6 Å². The maximum absolute atomic E-state index is 5.61. The SMILES string of the molecule is Cn1nnnc1SCc1nnc(-c2ccc(Br)cc2)o1. The first kappa shape index (κ1) is 13.3. The molecule has 0 bridgehead atoms. The summed E-state index contributed by atoms with van der Waals surface area (Å²) in [5.41, 5.74) is 0.886. The zero-order chi connectivity index (χ0) is 13.9. The number of halogens is 1. The molecule has 0 saturated heterocycles. The monoisotopic (exact) mass is 352 g/mol. The maximum atomic E-state index is 5.61. The number of aromatic nitrogens is 6. The van der Waals surface area contributed by atoms with Gasteiger partial charge < -0.3 is 4.42 Å². The molecule has 0 N–H and O–H groups in total. The minimum Gasteiger partial charge on any atom is -0.420 e. The summed E-state index contributed by atoms with van der Waals surface area (Å²) in [7, 11) is 1.78. The second kappa shape index (κ2) is 5.71. The minimum absolute atomic E-state index is 0.504. The fourth-order valence-electron chi connectivity index (χ4n) is 1.49. The molecular formula is C11H9BrN6OS. The molecule has 0 fully saturated rings. The highest BCUT2D eigenvalue weighted by atomic mass is 79.9. The molecule has 0 aliphatic rings. The molecule has 2 aromatic heterocycles. The number of nitrogens with zero attached hydrogens (tertiary/aromatic N) is 6. The smallest absolute Gasteiger partial charge is 0.247 e. The van der Waals surface area contributed by atoms with Gasteiger partial charge in [0.15, 0.2) is 0 Å². The van der Waals surface area contributed by atoms with Crippen molar-refractivity contribution in [2.75, 3.05) is 0 Å². The van der Waals surface area contributed by atoms with Crippen molar-refractivity contribution in [1.29, 1.82) is 0 Å². The lowest BCUT2D eigenvalue weighted by Crippen LogP contribution is -1.93. The summed E-state index contributed by atoms with van der Waals surface area (Å²) in [4.78, 5) is 0. The molecule has 0 amide bonds. The summed E-state index contributed by atoms with van der Waals surface area (Å²) in [5.74, 6) is 1.57. The van der Waals surface area contributed by atoms with Gasteiger partial charge in [0, 0.05) is 17.1 Å². The highest BCUT2D eigenvalue weighted by Crippen LogP contribution is 2.23. The van der Waals surface area contributed by atoms with Gasteiger partial charge in [0.2, 0.25) is 16.9 Å². The number of hydrogen-bond acceptors (Lipinski definition) is 7. The van der Waals surface area contributed by atoms with Crippen LogP contribution in [-0.2, 0) is 12.8 Å². The average molecular weight is 353 g/mol. The Hall–Kier alpha value is -1.74. The second-order valence-corrected chi connectivity index (χ2v) is 5.74. The van der Waals surface area contributed by atoms with Crippen LogP contribution < -0.4 is 0 Å². The van der Waals surface area contributed by atoms with Gasteiger partial charge >= 0.3 is 0 Å². The van der Waals surface area contributed by atoms with Crippen molar-refractivity contribution >= 4 is 27.7 Å². The number of rotatable bonds is 4. The van der Waals surface area contributed by atoms with E-state index in [0.717, 1.165) is 10.0 Å². The van der Waals surface area contributed by atoms with Crippen LogP contribution in [0.5, 0.6) is 0 Å². The second-order valence-electron chi connectivity index (χ2n) is 3.88. The number of hydrogen-bond donors (Lipinski definition) is 0. The fraction of sp³-hybridized carbons (Fsp3) is 0.182. The summed E-state index contributed by atoms with van der Waals surface area (Å²) >= 11 is 4.83. The van der Waals surface area contributed by atoms with E-state index in [1.54, 1.807) is 11.7 Å². The Morgan fingerprint density at radius 2 is 2.00 bits per heavy atom. The van der Waals surface area contributed by atoms with Gasteiger partial charge in [-0.05, 0) is 34.7 Å². The molecule has 0 aliphatic carbocycles. The van der Waals surface area contributed by atoms with E-state index in [1.165, 1.54) is 11.8 Å². The number of thioether (sulfide) groups is 1. The van der Waals surface area contributed by atoms with Gasteiger partial charge in [-0.1, -0.05) is 27.7 Å². The lowest BCUT2D eigenvalue weighted by atomic mass is 10.2. The molecule has 0 spiro atoms. The minimum atomic E-state index is 0.504. The molecule has 20 heavy (non-hydrogen) atoms. The molecule has 0 aliphatic heterocycles. The normalized spacial score (nSPS) is 10.9. The third-order valence-electron chi connectivity index (χ3n) is 2.46. The molecule has 0 saturated carbocycles. The first-order valence-electron chi connectivity index (χ1n) is 5.66. The van der Waals surface area contributed by atoms with Crippen molar-refractivity contribution in [1.82, 2.24) is 30.4 Å². The van der Waals surface area contributed by atoms with Gasteiger partial charge in [-0.2, -0.15) is 0 Å². The Bertz CT molecular complexity index is 710. The van der Waals surface area contributed by atoms with E-state index in [4.69, 9.17) is 4.42 Å². The van der Waals surface area contributed by atoms with Crippen molar-refractivity contribution in [3.8, 4) is 11.5 Å². The summed E-state index contributed by atoms with van der Waals surface area (Å²) in [6, 6.07) is 7.70. The predicted molar refractivity (Wildman–Crippen MR) is 75.8 cm³/mol. The van der Waals surface area contributed by atoms with E-state index < -0.39 is 0 Å². The van der Waals surface area contributed by atoms with Gasteiger partial charge in [0.25, 0.3) is 0 Å². The fourth-order valence-corrected chi connectivity index (χ4v) is 2.44. The van der Waals surface area contributed by atoms with Crippen LogP contribution in [0.1, 0.15) is 5.89 Å². The Labute approximate surface area is 126 Å². The molecular weight excluding hydrogens is 344 g/mol. The Balaban J connectivity index is 1.71. The van der Waals surface area contributed by atoms with E-state index >= 15 is 0 Å². The molecule has 0 atom stereocenters. The Kier molecular flexibility index (Phi) is 3.79. The van der Waals surface area contributed by atoms with Crippen LogP contribution in [-0.4, -0.2) is 30.4 Å². The third kappa shape index (κ3) is 2.88. The maximum Gasteiger partial charge on any atom is 0.247 e. The van der Waals surface area contributed by atoms with Crippen LogP contribution in [0, 0.1) is 0 Å². The molecule has 7 nitrogen and oxygen atoms in total. The Morgan fingerprint density at radius 3 is 2.70 bits per heavy atom. The molecule has 0 radical (unpaired) electrons. The zero-order valence-corrected chi connectivity index (χ0v) is 12.8. The third-order valence-corrected chi connectivity index (χ3v) is 3.99. The summed E-state index contributed by atoms with van der Waals surface area (Å²) < 4.78 is 8.21. The quantitative estimate of drug-likeness (QED) is 0.666. The molecule has 2 heterocycles. The molecule has 3 rings (SSSR count). The number of aryl methyl sites for hydroxylation is 1. The predicted octanol–water partition coefficient (Wildman–Crippen LogP) is 2.31. The molecule has 0 unspecified atom stereocenters. The lowest BCUT2D eigenvalue weighted by Gasteiger charge is -1.95. The van der Waals surface area contributed by atoms with Gasteiger partial charge in [-0.25, -0.2) is 4.68 Å². The van der Waals surface area contributed by atoms with Crippen molar-refractivity contribution in [2.45, 2.75) is 10.9 Å².